The summed E-state index contributed by atoms with van der Waals surface area (Å²) in [5.41, 5.74) is 0. The Bertz CT molecular complexity index is 352. The Balaban J connectivity index is 0.00000128. The second-order valence-electron chi connectivity index (χ2n) is 3.65. The largest absolute Gasteiger partial charge is 0.347 e. The van der Waals surface area contributed by atoms with Crippen LogP contribution in [0, 0.1) is 0 Å². The van der Waals surface area contributed by atoms with Gasteiger partial charge in [0.25, 0.3) is 5.91 Å². The van der Waals surface area contributed by atoms with Gasteiger partial charge >= 0.3 is 0 Å². The van der Waals surface area contributed by atoms with Crippen LogP contribution in [0.3, 0.4) is 0 Å². The zero-order valence-corrected chi connectivity index (χ0v) is 11.9. The Morgan fingerprint density at radius 2 is 2.44 bits per heavy atom. The molecule has 2 heterocycles. The molecule has 1 saturated heterocycles. The smallest absolute Gasteiger partial charge is 0.261 e. The molecule has 0 aliphatic carbocycles. The predicted molar refractivity (Wildman–Crippen MR) is 72.6 cm³/mol. The maximum absolute atomic E-state index is 11.8. The number of halogens is 2. The number of hydrogen-bond donors (Lipinski definition) is 2. The molecule has 0 saturated carbocycles. The highest BCUT2D eigenvalue weighted by atomic mass is 79.9. The van der Waals surface area contributed by atoms with E-state index < -0.39 is 0 Å². The third kappa shape index (κ3) is 3.73. The highest BCUT2D eigenvalue weighted by molar-refractivity contribution is 9.10. The highest BCUT2D eigenvalue weighted by Gasteiger charge is 2.16. The molecule has 1 unspecified atom stereocenters. The summed E-state index contributed by atoms with van der Waals surface area (Å²) in [6, 6.07) is 2.14. The van der Waals surface area contributed by atoms with Crippen molar-refractivity contribution >= 4 is 45.6 Å². The molecule has 0 spiro atoms. The van der Waals surface area contributed by atoms with Gasteiger partial charge in [-0.25, -0.2) is 0 Å². The van der Waals surface area contributed by atoms with Crippen molar-refractivity contribution in [1.29, 1.82) is 0 Å². The van der Waals surface area contributed by atoms with Gasteiger partial charge in [0.1, 0.15) is 0 Å². The van der Waals surface area contributed by atoms with Crippen LogP contribution in [-0.4, -0.2) is 25.0 Å². The minimum Gasteiger partial charge on any atom is -0.347 e. The Morgan fingerprint density at radius 3 is 3.00 bits per heavy atom. The second-order valence-corrected chi connectivity index (χ2v) is 5.47. The van der Waals surface area contributed by atoms with Crippen molar-refractivity contribution in [1.82, 2.24) is 10.6 Å². The maximum Gasteiger partial charge on any atom is 0.261 e. The van der Waals surface area contributed by atoms with Gasteiger partial charge in [-0.1, -0.05) is 0 Å². The monoisotopic (exact) mass is 324 g/mol. The van der Waals surface area contributed by atoms with Gasteiger partial charge in [0, 0.05) is 22.4 Å². The highest BCUT2D eigenvalue weighted by Crippen LogP contribution is 2.19. The molecule has 1 aromatic rings. The molecule has 0 radical (unpaired) electrons. The molecule has 2 rings (SSSR count). The van der Waals surface area contributed by atoms with E-state index in [4.69, 9.17) is 0 Å². The minimum atomic E-state index is 0. The first kappa shape index (κ1) is 14.0. The number of thiophene rings is 1. The molecular weight excluding hydrogens is 312 g/mol. The lowest BCUT2D eigenvalue weighted by atomic mass is 10.1. The molecule has 3 nitrogen and oxygen atoms in total. The molecule has 1 aromatic heterocycles. The molecule has 1 aliphatic rings. The summed E-state index contributed by atoms with van der Waals surface area (Å²) in [4.78, 5) is 12.5. The van der Waals surface area contributed by atoms with Crippen molar-refractivity contribution < 1.29 is 4.79 Å². The number of carbonyl (C=O) groups is 1. The van der Waals surface area contributed by atoms with Crippen molar-refractivity contribution in [2.45, 2.75) is 18.9 Å². The fraction of sp³-hybridized carbons (Fsp3) is 0.500. The molecule has 0 bridgehead atoms. The van der Waals surface area contributed by atoms with Crippen LogP contribution in [0.25, 0.3) is 0 Å². The average Bonchev–Trinajstić information content (AvgIpc) is 2.66. The summed E-state index contributed by atoms with van der Waals surface area (Å²) in [5, 5.41) is 8.24. The van der Waals surface area contributed by atoms with E-state index >= 15 is 0 Å². The maximum atomic E-state index is 11.8. The van der Waals surface area contributed by atoms with Crippen LogP contribution in [0.4, 0.5) is 0 Å². The van der Waals surface area contributed by atoms with E-state index in [2.05, 4.69) is 26.6 Å². The van der Waals surface area contributed by atoms with E-state index in [0.717, 1.165) is 35.3 Å². The molecule has 6 heteroatoms. The SMILES string of the molecule is Cl.O=C(NC1CCCNC1)c1cc(Br)cs1. The first-order chi connectivity index (χ1) is 7.25. The summed E-state index contributed by atoms with van der Waals surface area (Å²) in [5.74, 6) is 0.0411. The van der Waals surface area contributed by atoms with Crippen LogP contribution in [-0.2, 0) is 0 Å². The zero-order chi connectivity index (χ0) is 10.7. The van der Waals surface area contributed by atoms with Crippen LogP contribution < -0.4 is 10.6 Å². The Labute approximate surface area is 114 Å². The normalized spacial score (nSPS) is 19.9. The molecule has 0 aromatic carbocycles. The number of rotatable bonds is 2. The number of amides is 1. The zero-order valence-electron chi connectivity index (χ0n) is 8.66. The van der Waals surface area contributed by atoms with Crippen molar-refractivity contribution in [3.8, 4) is 0 Å². The standard InChI is InChI=1S/C10H13BrN2OS.ClH/c11-7-4-9(15-6-7)10(14)13-8-2-1-3-12-5-8;/h4,6,8,12H,1-3,5H2,(H,13,14);1H. The van der Waals surface area contributed by atoms with Gasteiger partial charge in [-0.2, -0.15) is 0 Å². The summed E-state index contributed by atoms with van der Waals surface area (Å²) >= 11 is 4.81. The van der Waals surface area contributed by atoms with Gasteiger partial charge in [0.2, 0.25) is 0 Å². The lowest BCUT2D eigenvalue weighted by Crippen LogP contribution is -2.45. The lowest BCUT2D eigenvalue weighted by Gasteiger charge is -2.23. The van der Waals surface area contributed by atoms with Crippen molar-refractivity contribution in [3.63, 3.8) is 0 Å². The van der Waals surface area contributed by atoms with Crippen LogP contribution >= 0.6 is 39.7 Å². The molecule has 1 fully saturated rings. The molecule has 90 valence electrons. The van der Waals surface area contributed by atoms with Gasteiger partial charge in [-0.05, 0) is 41.4 Å². The quantitative estimate of drug-likeness (QED) is 0.877. The van der Waals surface area contributed by atoms with Crippen molar-refractivity contribution in [2.24, 2.45) is 0 Å². The Morgan fingerprint density at radius 1 is 1.62 bits per heavy atom. The van der Waals surface area contributed by atoms with E-state index in [1.807, 2.05) is 11.4 Å². The fourth-order valence-corrected chi connectivity index (χ4v) is 2.99. The van der Waals surface area contributed by atoms with Crippen LogP contribution in [0.15, 0.2) is 15.9 Å². The van der Waals surface area contributed by atoms with Crippen LogP contribution in [0.5, 0.6) is 0 Å². The van der Waals surface area contributed by atoms with Crippen molar-refractivity contribution in [2.75, 3.05) is 13.1 Å². The van der Waals surface area contributed by atoms with Gasteiger partial charge in [0.15, 0.2) is 0 Å². The van der Waals surface area contributed by atoms with Gasteiger partial charge in [-0.15, -0.1) is 23.7 Å². The molecular formula is C10H14BrClN2OS. The third-order valence-electron chi connectivity index (χ3n) is 2.42. The number of nitrogens with one attached hydrogen (secondary N) is 2. The minimum absolute atomic E-state index is 0. The van der Waals surface area contributed by atoms with Gasteiger partial charge < -0.3 is 10.6 Å². The van der Waals surface area contributed by atoms with Crippen molar-refractivity contribution in [3.05, 3.63) is 20.8 Å². The van der Waals surface area contributed by atoms with Crippen LogP contribution in [0.1, 0.15) is 22.5 Å². The fourth-order valence-electron chi connectivity index (χ4n) is 1.66. The topological polar surface area (TPSA) is 41.1 Å². The van der Waals surface area contributed by atoms with E-state index in [1.165, 1.54) is 11.3 Å². The molecule has 1 amide bonds. The molecule has 1 aliphatic heterocycles. The van der Waals surface area contributed by atoms with Gasteiger partial charge in [-0.3, -0.25) is 4.79 Å². The average molecular weight is 326 g/mol. The lowest BCUT2D eigenvalue weighted by molar-refractivity contribution is 0.0935. The molecule has 1 atom stereocenters. The summed E-state index contributed by atoms with van der Waals surface area (Å²) in [7, 11) is 0. The molecule has 2 N–H and O–H groups in total. The summed E-state index contributed by atoms with van der Waals surface area (Å²) in [6.07, 6.45) is 2.21. The number of piperidine rings is 1. The second kappa shape index (κ2) is 6.59. The first-order valence-corrected chi connectivity index (χ1v) is 6.68. The van der Waals surface area contributed by atoms with E-state index in [0.29, 0.717) is 0 Å². The Kier molecular flexibility index (Phi) is 5.75. The number of carbonyl (C=O) groups excluding carboxylic acids is 1. The van der Waals surface area contributed by atoms with Gasteiger partial charge in [0.05, 0.1) is 4.88 Å². The third-order valence-corrected chi connectivity index (χ3v) is 4.11. The number of hydrogen-bond acceptors (Lipinski definition) is 3. The predicted octanol–water partition coefficient (Wildman–Crippen LogP) is 2.41. The van der Waals surface area contributed by atoms with E-state index in [1.54, 1.807) is 0 Å². The molecule has 16 heavy (non-hydrogen) atoms. The summed E-state index contributed by atoms with van der Waals surface area (Å²) < 4.78 is 0.972. The van der Waals surface area contributed by atoms with Crippen LogP contribution in [0.2, 0.25) is 0 Å². The van der Waals surface area contributed by atoms with E-state index in [9.17, 15) is 4.79 Å². The summed E-state index contributed by atoms with van der Waals surface area (Å²) in [6.45, 7) is 1.95. The Hall–Kier alpha value is -0.100. The van der Waals surface area contributed by atoms with E-state index in [-0.39, 0.29) is 24.4 Å². The first-order valence-electron chi connectivity index (χ1n) is 5.01.